The number of carbonyl (C=O) groups excluding carboxylic acids is 3. The molecule has 1 aliphatic rings. The Morgan fingerprint density at radius 1 is 1.34 bits per heavy atom. The van der Waals surface area contributed by atoms with Crippen molar-refractivity contribution in [1.29, 1.82) is 0 Å². The quantitative estimate of drug-likeness (QED) is 0.562. The molecule has 0 bridgehead atoms. The molecule has 1 aromatic carbocycles. The number of halogens is 2. The smallest absolute Gasteiger partial charge is 0.242 e. The SMILES string of the molecule is [B]C(=O)N(C)[C@H](Cc1ccc(Cl)c(Cl)c1)C(O)CC(=O)N[C@@H]1CCCCNC1=O. The van der Waals surface area contributed by atoms with Gasteiger partial charge in [0.05, 0.1) is 28.6 Å². The fourth-order valence-corrected chi connectivity index (χ4v) is 3.58. The molecule has 7 nitrogen and oxygen atoms in total. The molecule has 3 amide bonds. The normalized spacial score (nSPS) is 18.9. The Morgan fingerprint density at radius 2 is 2.07 bits per heavy atom. The molecule has 0 aliphatic carbocycles. The summed E-state index contributed by atoms with van der Waals surface area (Å²) >= 11 is 12.0. The molecule has 3 atom stereocenters. The van der Waals surface area contributed by atoms with Gasteiger partial charge in [0, 0.05) is 13.6 Å². The Kier molecular flexibility index (Phi) is 8.80. The Hall–Kier alpha value is -1.77. The number of rotatable bonds is 7. The third kappa shape index (κ3) is 6.91. The van der Waals surface area contributed by atoms with Gasteiger partial charge in [-0.3, -0.25) is 14.4 Å². The fraction of sp³-hybridized carbons (Fsp3) is 0.526. The molecule has 156 valence electrons. The molecular formula is C19H24BCl2N3O4. The van der Waals surface area contributed by atoms with Gasteiger partial charge < -0.3 is 20.6 Å². The maximum Gasteiger partial charge on any atom is 0.242 e. The van der Waals surface area contributed by atoms with E-state index in [1.54, 1.807) is 18.2 Å². The van der Waals surface area contributed by atoms with Gasteiger partial charge >= 0.3 is 0 Å². The number of carbonyl (C=O) groups is 3. The van der Waals surface area contributed by atoms with Crippen LogP contribution in [0.15, 0.2) is 18.2 Å². The molecule has 0 aromatic heterocycles. The predicted octanol–water partition coefficient (Wildman–Crippen LogP) is 1.66. The number of hydrogen-bond acceptors (Lipinski definition) is 4. The van der Waals surface area contributed by atoms with Crippen LogP contribution in [-0.4, -0.2) is 67.3 Å². The lowest BCUT2D eigenvalue weighted by Gasteiger charge is -2.32. The second-order valence-corrected chi connectivity index (χ2v) is 7.96. The molecule has 2 radical (unpaired) electrons. The van der Waals surface area contributed by atoms with Crippen LogP contribution in [0.2, 0.25) is 10.0 Å². The van der Waals surface area contributed by atoms with Crippen molar-refractivity contribution in [2.45, 2.75) is 50.3 Å². The highest BCUT2D eigenvalue weighted by Crippen LogP contribution is 2.24. The van der Waals surface area contributed by atoms with E-state index in [0.717, 1.165) is 18.4 Å². The number of nitrogens with one attached hydrogen (secondary N) is 2. The van der Waals surface area contributed by atoms with Crippen LogP contribution >= 0.6 is 23.2 Å². The monoisotopic (exact) mass is 439 g/mol. The highest BCUT2D eigenvalue weighted by molar-refractivity contribution is 6.56. The van der Waals surface area contributed by atoms with Gasteiger partial charge in [0.2, 0.25) is 19.7 Å². The van der Waals surface area contributed by atoms with Gasteiger partial charge in [0.1, 0.15) is 6.04 Å². The van der Waals surface area contributed by atoms with Crippen molar-refractivity contribution in [2.24, 2.45) is 0 Å². The van der Waals surface area contributed by atoms with Crippen LogP contribution in [-0.2, 0) is 16.0 Å². The summed E-state index contributed by atoms with van der Waals surface area (Å²) in [6.45, 7) is 0.586. The van der Waals surface area contributed by atoms with Crippen molar-refractivity contribution in [2.75, 3.05) is 13.6 Å². The Labute approximate surface area is 181 Å². The Bertz CT molecular complexity index is 765. The van der Waals surface area contributed by atoms with E-state index in [4.69, 9.17) is 31.0 Å². The minimum atomic E-state index is -1.20. The van der Waals surface area contributed by atoms with Gasteiger partial charge in [-0.05, 0) is 43.4 Å². The predicted molar refractivity (Wildman–Crippen MR) is 112 cm³/mol. The van der Waals surface area contributed by atoms with Crippen molar-refractivity contribution in [3.05, 3.63) is 33.8 Å². The second kappa shape index (κ2) is 10.9. The van der Waals surface area contributed by atoms with Gasteiger partial charge in [0.15, 0.2) is 5.81 Å². The lowest BCUT2D eigenvalue weighted by atomic mass is 9.95. The first-order valence-corrected chi connectivity index (χ1v) is 10.2. The van der Waals surface area contributed by atoms with E-state index in [0.29, 0.717) is 23.0 Å². The first-order valence-electron chi connectivity index (χ1n) is 9.40. The van der Waals surface area contributed by atoms with Crippen LogP contribution in [0.3, 0.4) is 0 Å². The van der Waals surface area contributed by atoms with Crippen LogP contribution in [0.1, 0.15) is 31.2 Å². The second-order valence-electron chi connectivity index (χ2n) is 7.15. The summed E-state index contributed by atoms with van der Waals surface area (Å²) in [7, 11) is 6.82. The number of nitrogens with zero attached hydrogens (tertiary/aromatic N) is 1. The molecule has 1 heterocycles. The molecule has 1 aliphatic heterocycles. The van der Waals surface area contributed by atoms with Crippen molar-refractivity contribution in [3.8, 4) is 0 Å². The summed E-state index contributed by atoms with van der Waals surface area (Å²) in [6.07, 6.45) is 0.951. The molecule has 1 unspecified atom stereocenters. The van der Waals surface area contributed by atoms with E-state index in [1.807, 2.05) is 0 Å². The van der Waals surface area contributed by atoms with Crippen molar-refractivity contribution >= 4 is 48.7 Å². The number of aliphatic hydroxyl groups excluding tert-OH is 1. The van der Waals surface area contributed by atoms with E-state index in [1.165, 1.54) is 11.9 Å². The third-order valence-electron chi connectivity index (χ3n) is 4.98. The third-order valence-corrected chi connectivity index (χ3v) is 5.72. The van der Waals surface area contributed by atoms with Crippen molar-refractivity contribution in [3.63, 3.8) is 0 Å². The van der Waals surface area contributed by atoms with Gasteiger partial charge in [-0.15, -0.1) is 0 Å². The molecule has 3 N–H and O–H groups in total. The molecule has 0 spiro atoms. The van der Waals surface area contributed by atoms with E-state index in [2.05, 4.69) is 10.6 Å². The highest BCUT2D eigenvalue weighted by atomic mass is 35.5. The molecule has 1 fully saturated rings. The number of aliphatic hydroxyl groups is 1. The van der Waals surface area contributed by atoms with Crippen LogP contribution < -0.4 is 10.6 Å². The first kappa shape index (κ1) is 23.5. The van der Waals surface area contributed by atoms with E-state index >= 15 is 0 Å². The zero-order valence-corrected chi connectivity index (χ0v) is 17.7. The maximum atomic E-state index is 12.4. The van der Waals surface area contributed by atoms with Crippen LogP contribution in [0.4, 0.5) is 4.79 Å². The van der Waals surface area contributed by atoms with Crippen LogP contribution in [0, 0.1) is 0 Å². The fourth-order valence-electron chi connectivity index (χ4n) is 3.26. The topological polar surface area (TPSA) is 98.7 Å². The number of amides is 3. The van der Waals surface area contributed by atoms with Gasteiger partial charge in [-0.1, -0.05) is 29.3 Å². The minimum absolute atomic E-state index is 0.217. The van der Waals surface area contributed by atoms with Crippen LogP contribution in [0.25, 0.3) is 0 Å². The summed E-state index contributed by atoms with van der Waals surface area (Å²) in [6, 6.07) is 3.58. The lowest BCUT2D eigenvalue weighted by molar-refractivity contribution is -0.130. The summed E-state index contributed by atoms with van der Waals surface area (Å²) < 4.78 is 0. The molecule has 10 heteroatoms. The zero-order valence-electron chi connectivity index (χ0n) is 16.2. The minimum Gasteiger partial charge on any atom is -0.390 e. The highest BCUT2D eigenvalue weighted by Gasteiger charge is 2.29. The average molecular weight is 440 g/mol. The molecular weight excluding hydrogens is 416 g/mol. The van der Waals surface area contributed by atoms with Crippen molar-refractivity contribution < 1.29 is 19.5 Å². The number of likely N-dealkylation sites (N-methyl/N-ethyl adjacent to an activating group) is 1. The van der Waals surface area contributed by atoms with Crippen LogP contribution in [0.5, 0.6) is 0 Å². The van der Waals surface area contributed by atoms with E-state index in [-0.39, 0.29) is 18.7 Å². The number of benzene rings is 1. The average Bonchev–Trinajstić information content (AvgIpc) is 2.86. The maximum absolute atomic E-state index is 12.4. The summed E-state index contributed by atoms with van der Waals surface area (Å²) in [5, 5.41) is 16.8. The van der Waals surface area contributed by atoms with E-state index in [9.17, 15) is 19.5 Å². The number of hydrogen-bond donors (Lipinski definition) is 3. The lowest BCUT2D eigenvalue weighted by Crippen LogP contribution is -2.50. The largest absolute Gasteiger partial charge is 0.390 e. The standard InChI is InChI=1S/C19H24BCl2N3O4/c1-25(19(20)29)15(9-11-5-6-12(21)13(22)8-11)16(26)10-17(27)24-14-4-2-3-7-23-18(14)28/h5-6,8,14-16,26H,2-4,7,9-10H2,1H3,(H,23,28)(H,24,27)/t14-,15-,16?/m1/s1. The van der Waals surface area contributed by atoms with Gasteiger partial charge in [-0.2, -0.15) is 0 Å². The first-order chi connectivity index (χ1) is 13.7. The molecule has 2 rings (SSSR count). The summed E-state index contributed by atoms with van der Waals surface area (Å²) in [5.41, 5.74) is 0.722. The summed E-state index contributed by atoms with van der Waals surface area (Å²) in [4.78, 5) is 37.2. The Balaban J connectivity index is 2.06. The van der Waals surface area contributed by atoms with Gasteiger partial charge in [0.25, 0.3) is 0 Å². The van der Waals surface area contributed by atoms with E-state index < -0.39 is 29.9 Å². The molecule has 0 saturated carbocycles. The molecule has 1 aromatic rings. The molecule has 29 heavy (non-hydrogen) atoms. The zero-order chi connectivity index (χ0) is 21.6. The molecule has 1 saturated heterocycles. The summed E-state index contributed by atoms with van der Waals surface area (Å²) in [5.74, 6) is -1.44. The van der Waals surface area contributed by atoms with Crippen molar-refractivity contribution in [1.82, 2.24) is 15.5 Å². The van der Waals surface area contributed by atoms with Gasteiger partial charge in [-0.25, -0.2) is 0 Å². The Morgan fingerprint density at radius 3 is 2.72 bits per heavy atom.